The monoisotopic (exact) mass is 239 g/mol. The number of likely N-dealkylation sites (N-methyl/N-ethyl adjacent to an activating group) is 1. The molecule has 0 spiro atoms. The number of methoxy groups -OCH3 is 1. The van der Waals surface area contributed by atoms with Crippen molar-refractivity contribution in [2.24, 2.45) is 0 Å². The van der Waals surface area contributed by atoms with Crippen LogP contribution >= 0.6 is 0 Å². The number of rotatable bonds is 3. The van der Waals surface area contributed by atoms with Gasteiger partial charge in [0.05, 0.1) is 19.8 Å². The number of phenolic OH excluding ortho intramolecular Hbond substituents is 1. The second-order valence-electron chi connectivity index (χ2n) is 4.16. The fraction of sp³-hybridized carbons (Fsp3) is 0.500. The zero-order valence-electron chi connectivity index (χ0n) is 9.96. The fourth-order valence-corrected chi connectivity index (χ4v) is 2.04. The molecule has 1 aromatic rings. The van der Waals surface area contributed by atoms with Crippen LogP contribution in [0.5, 0.6) is 11.5 Å². The Balaban J connectivity index is 2.20. The summed E-state index contributed by atoms with van der Waals surface area (Å²) in [5.74, 6) is 0.530. The molecule has 1 aromatic carbocycles. The molecule has 1 heterocycles. The van der Waals surface area contributed by atoms with E-state index in [1.165, 1.54) is 7.11 Å². The van der Waals surface area contributed by atoms with Crippen LogP contribution in [0.15, 0.2) is 18.2 Å². The van der Waals surface area contributed by atoms with Crippen molar-refractivity contribution < 1.29 is 19.7 Å². The van der Waals surface area contributed by atoms with Gasteiger partial charge in [-0.3, -0.25) is 4.90 Å². The zero-order valence-corrected chi connectivity index (χ0v) is 9.96. The van der Waals surface area contributed by atoms with Crippen molar-refractivity contribution in [2.75, 3.05) is 27.3 Å². The van der Waals surface area contributed by atoms with Crippen LogP contribution in [-0.2, 0) is 4.74 Å². The van der Waals surface area contributed by atoms with Gasteiger partial charge in [0.25, 0.3) is 0 Å². The van der Waals surface area contributed by atoms with E-state index in [1.807, 2.05) is 18.0 Å². The molecule has 2 atom stereocenters. The summed E-state index contributed by atoms with van der Waals surface area (Å²) in [4.78, 5) is 1.99. The summed E-state index contributed by atoms with van der Waals surface area (Å²) in [7, 11) is 3.43. The number of benzene rings is 1. The number of phenols is 1. The minimum atomic E-state index is -0.232. The first-order chi connectivity index (χ1) is 8.15. The highest BCUT2D eigenvalue weighted by Crippen LogP contribution is 2.34. The standard InChI is InChI=1S/C12H17NO4/c1-13-6-9(7-14)17-12(13)8-3-4-11(16-2)10(15)5-8/h3-5,9,12,14-15H,6-7H2,1-2H3. The molecule has 5 heteroatoms. The maximum Gasteiger partial charge on any atom is 0.160 e. The number of aliphatic hydroxyl groups is 1. The number of aliphatic hydroxyl groups excluding tert-OH is 1. The lowest BCUT2D eigenvalue weighted by molar-refractivity contribution is -0.0140. The molecule has 0 aliphatic carbocycles. The first-order valence-electron chi connectivity index (χ1n) is 5.49. The highest BCUT2D eigenvalue weighted by Gasteiger charge is 2.31. The van der Waals surface area contributed by atoms with Crippen LogP contribution in [-0.4, -0.2) is 48.5 Å². The minimum Gasteiger partial charge on any atom is -0.504 e. The predicted molar refractivity (Wildman–Crippen MR) is 62.0 cm³/mol. The highest BCUT2D eigenvalue weighted by atomic mass is 16.5. The Morgan fingerprint density at radius 3 is 2.82 bits per heavy atom. The van der Waals surface area contributed by atoms with E-state index in [-0.39, 0.29) is 24.7 Å². The molecule has 5 nitrogen and oxygen atoms in total. The van der Waals surface area contributed by atoms with E-state index in [0.717, 1.165) is 5.56 Å². The Hall–Kier alpha value is -1.30. The van der Waals surface area contributed by atoms with Gasteiger partial charge < -0.3 is 19.7 Å². The summed E-state index contributed by atoms with van der Waals surface area (Å²) in [6.45, 7) is 0.678. The maximum absolute atomic E-state index is 9.71. The molecule has 0 aromatic heterocycles. The summed E-state index contributed by atoms with van der Waals surface area (Å²) < 4.78 is 10.6. The summed E-state index contributed by atoms with van der Waals surface area (Å²) in [6, 6.07) is 5.17. The van der Waals surface area contributed by atoms with Gasteiger partial charge in [0.1, 0.15) is 6.23 Å². The van der Waals surface area contributed by atoms with Crippen LogP contribution in [0.4, 0.5) is 0 Å². The van der Waals surface area contributed by atoms with Crippen molar-refractivity contribution in [3.8, 4) is 11.5 Å². The number of nitrogens with zero attached hydrogens (tertiary/aromatic N) is 1. The lowest BCUT2D eigenvalue weighted by Gasteiger charge is -2.18. The molecule has 94 valence electrons. The van der Waals surface area contributed by atoms with Gasteiger partial charge >= 0.3 is 0 Å². The first-order valence-corrected chi connectivity index (χ1v) is 5.49. The molecule has 2 N–H and O–H groups in total. The molecule has 0 bridgehead atoms. The van der Waals surface area contributed by atoms with E-state index >= 15 is 0 Å². The van der Waals surface area contributed by atoms with Gasteiger partial charge in [-0.05, 0) is 24.7 Å². The molecule has 2 rings (SSSR count). The van der Waals surface area contributed by atoms with E-state index in [0.29, 0.717) is 12.3 Å². The minimum absolute atomic E-state index is 0.00295. The average molecular weight is 239 g/mol. The zero-order chi connectivity index (χ0) is 12.4. The van der Waals surface area contributed by atoms with Crippen molar-refractivity contribution in [1.29, 1.82) is 0 Å². The molecular formula is C12H17NO4. The molecule has 17 heavy (non-hydrogen) atoms. The van der Waals surface area contributed by atoms with Crippen LogP contribution in [0, 0.1) is 0 Å². The quantitative estimate of drug-likeness (QED) is 0.814. The Morgan fingerprint density at radius 1 is 1.53 bits per heavy atom. The molecule has 1 fully saturated rings. The lowest BCUT2D eigenvalue weighted by Crippen LogP contribution is -2.20. The third-order valence-electron chi connectivity index (χ3n) is 2.90. The number of ether oxygens (including phenoxy) is 2. The van der Waals surface area contributed by atoms with Crippen molar-refractivity contribution in [2.45, 2.75) is 12.3 Å². The van der Waals surface area contributed by atoms with Gasteiger partial charge in [-0.25, -0.2) is 0 Å². The van der Waals surface area contributed by atoms with Gasteiger partial charge in [0.2, 0.25) is 0 Å². The highest BCUT2D eigenvalue weighted by molar-refractivity contribution is 5.42. The number of aromatic hydroxyl groups is 1. The fourth-order valence-electron chi connectivity index (χ4n) is 2.04. The second kappa shape index (κ2) is 4.91. The molecule has 0 saturated carbocycles. The normalized spacial score (nSPS) is 25.1. The first kappa shape index (κ1) is 12.2. The summed E-state index contributed by atoms with van der Waals surface area (Å²) in [5.41, 5.74) is 0.849. The van der Waals surface area contributed by atoms with Gasteiger partial charge in [0, 0.05) is 6.54 Å². The summed E-state index contributed by atoms with van der Waals surface area (Å²) >= 11 is 0. The molecule has 0 radical (unpaired) electrons. The average Bonchev–Trinajstić information content (AvgIpc) is 2.70. The van der Waals surface area contributed by atoms with Crippen molar-refractivity contribution in [3.05, 3.63) is 23.8 Å². The Labute approximate surface area is 100 Å². The lowest BCUT2D eigenvalue weighted by atomic mass is 10.1. The van der Waals surface area contributed by atoms with Crippen LogP contribution in [0.3, 0.4) is 0 Å². The van der Waals surface area contributed by atoms with Crippen LogP contribution in [0.25, 0.3) is 0 Å². The largest absolute Gasteiger partial charge is 0.504 e. The van der Waals surface area contributed by atoms with Gasteiger partial charge in [-0.15, -0.1) is 0 Å². The van der Waals surface area contributed by atoms with Crippen molar-refractivity contribution >= 4 is 0 Å². The third-order valence-corrected chi connectivity index (χ3v) is 2.90. The van der Waals surface area contributed by atoms with Gasteiger partial charge in [0.15, 0.2) is 11.5 Å². The summed E-state index contributed by atoms with van der Waals surface area (Å²) in [6.07, 6.45) is -0.404. The molecule has 2 unspecified atom stereocenters. The van der Waals surface area contributed by atoms with Gasteiger partial charge in [-0.2, -0.15) is 0 Å². The molecule has 1 saturated heterocycles. The van der Waals surface area contributed by atoms with Crippen LogP contribution in [0.2, 0.25) is 0 Å². The molecular weight excluding hydrogens is 222 g/mol. The maximum atomic E-state index is 9.71. The number of hydrogen-bond acceptors (Lipinski definition) is 5. The van der Waals surface area contributed by atoms with Crippen molar-refractivity contribution in [3.63, 3.8) is 0 Å². The molecule has 0 amide bonds. The Morgan fingerprint density at radius 2 is 2.29 bits per heavy atom. The SMILES string of the molecule is COc1ccc(C2OC(CO)CN2C)cc1O. The Bertz CT molecular complexity index is 396. The van der Waals surface area contributed by atoms with Crippen molar-refractivity contribution in [1.82, 2.24) is 4.90 Å². The van der Waals surface area contributed by atoms with E-state index in [9.17, 15) is 5.11 Å². The topological polar surface area (TPSA) is 62.2 Å². The predicted octanol–water partition coefficient (Wildman–Crippen LogP) is 0.722. The van der Waals surface area contributed by atoms with Crippen LogP contribution < -0.4 is 4.74 Å². The molecule has 1 aliphatic rings. The van der Waals surface area contributed by atoms with Gasteiger partial charge in [-0.1, -0.05) is 6.07 Å². The smallest absolute Gasteiger partial charge is 0.160 e. The molecule has 1 aliphatic heterocycles. The second-order valence-corrected chi connectivity index (χ2v) is 4.16. The Kier molecular flexibility index (Phi) is 3.51. The van der Waals surface area contributed by atoms with E-state index in [2.05, 4.69) is 0 Å². The van der Waals surface area contributed by atoms with E-state index in [1.54, 1.807) is 12.1 Å². The number of hydrogen-bond donors (Lipinski definition) is 2. The summed E-state index contributed by atoms with van der Waals surface area (Å²) in [5, 5.41) is 18.8. The van der Waals surface area contributed by atoms with Crippen LogP contribution in [0.1, 0.15) is 11.8 Å². The third kappa shape index (κ3) is 2.36. The van der Waals surface area contributed by atoms with E-state index in [4.69, 9.17) is 14.6 Å². The van der Waals surface area contributed by atoms with E-state index < -0.39 is 0 Å².